The van der Waals surface area contributed by atoms with Crippen molar-refractivity contribution in [3.8, 4) is 39.1 Å². The first-order valence-electron chi connectivity index (χ1n) is 25.0. The fourth-order valence-corrected chi connectivity index (χ4v) is 12.9. The smallest absolute Gasteiger partial charge is 0.333 e. The maximum absolute atomic E-state index is 2.77. The molecule has 0 bridgehead atoms. The van der Waals surface area contributed by atoms with Crippen LogP contribution in [0.2, 0.25) is 0 Å². The van der Waals surface area contributed by atoms with Crippen LogP contribution >= 0.6 is 0 Å². The molecule has 0 amide bonds. The van der Waals surface area contributed by atoms with E-state index in [1.54, 1.807) is 0 Å². The zero-order valence-corrected chi connectivity index (χ0v) is 42.9. The van der Waals surface area contributed by atoms with Crippen molar-refractivity contribution in [3.63, 3.8) is 0 Å². The maximum Gasteiger partial charge on any atom is 0.333 e. The Morgan fingerprint density at radius 1 is 0.448 bits per heavy atom. The number of rotatable bonds is 1. The van der Waals surface area contributed by atoms with Gasteiger partial charge in [-0.2, -0.15) is 0 Å². The molecule has 7 aromatic carbocycles. The van der Waals surface area contributed by atoms with Gasteiger partial charge < -0.3 is 9.38 Å². The number of aromatic nitrogens is 1. The Labute approximate surface area is 400 Å². The molecular formula is C64H67BN2. The molecule has 0 N–H and O–H groups in total. The minimum Gasteiger partial charge on any atom is -0.376 e. The third-order valence-electron chi connectivity index (χ3n) is 16.8. The van der Waals surface area contributed by atoms with Gasteiger partial charge in [-0.1, -0.05) is 184 Å². The van der Waals surface area contributed by atoms with Gasteiger partial charge in [0.2, 0.25) is 0 Å². The van der Waals surface area contributed by atoms with Crippen molar-refractivity contribution in [2.24, 2.45) is 0 Å². The summed E-state index contributed by atoms with van der Waals surface area (Å²) >= 11 is 0. The normalized spacial score (nSPS) is 16.2. The van der Waals surface area contributed by atoms with Crippen molar-refractivity contribution >= 4 is 51.0 Å². The highest BCUT2D eigenvalue weighted by Crippen LogP contribution is 2.61. The fourth-order valence-electron chi connectivity index (χ4n) is 12.9. The summed E-state index contributed by atoms with van der Waals surface area (Å²) in [5, 5.41) is 2.78. The first-order chi connectivity index (χ1) is 31.3. The molecule has 336 valence electrons. The molecule has 67 heavy (non-hydrogen) atoms. The van der Waals surface area contributed by atoms with E-state index in [1.807, 2.05) is 0 Å². The van der Waals surface area contributed by atoms with Crippen LogP contribution in [-0.4, -0.2) is 11.4 Å². The van der Waals surface area contributed by atoms with Crippen LogP contribution in [0.5, 0.6) is 0 Å². The van der Waals surface area contributed by atoms with Crippen molar-refractivity contribution in [2.75, 3.05) is 4.81 Å². The molecule has 0 atom stereocenters. The third-order valence-corrected chi connectivity index (χ3v) is 16.8. The second kappa shape index (κ2) is 13.0. The molecule has 3 heterocycles. The number of anilines is 2. The van der Waals surface area contributed by atoms with Crippen LogP contribution in [0.1, 0.15) is 155 Å². The lowest BCUT2D eigenvalue weighted by atomic mass is 9.43. The molecule has 2 nitrogen and oxygen atoms in total. The van der Waals surface area contributed by atoms with Crippen molar-refractivity contribution < 1.29 is 0 Å². The Balaban J connectivity index is 1.31. The van der Waals surface area contributed by atoms with Gasteiger partial charge >= 0.3 is 6.85 Å². The lowest BCUT2D eigenvalue weighted by Crippen LogP contribution is -2.61. The Morgan fingerprint density at radius 3 is 1.70 bits per heavy atom. The predicted octanol–water partition coefficient (Wildman–Crippen LogP) is 15.8. The van der Waals surface area contributed by atoms with Crippen molar-refractivity contribution in [3.05, 3.63) is 160 Å². The Morgan fingerprint density at radius 2 is 1.03 bits per heavy atom. The van der Waals surface area contributed by atoms with Gasteiger partial charge in [0.15, 0.2) is 0 Å². The number of benzene rings is 7. The van der Waals surface area contributed by atoms with Crippen molar-refractivity contribution in [2.45, 2.75) is 143 Å². The molecule has 1 aromatic heterocycles. The minimum atomic E-state index is -0.237. The fraction of sp³-hybridized carbons (Fsp3) is 0.344. The lowest BCUT2D eigenvalue weighted by molar-refractivity contribution is 0.584. The molecular weight excluding hydrogens is 808 g/mol. The topological polar surface area (TPSA) is 8.17 Å². The second-order valence-corrected chi connectivity index (χ2v) is 25.9. The van der Waals surface area contributed by atoms with Crippen LogP contribution in [0, 0.1) is 0 Å². The van der Waals surface area contributed by atoms with Gasteiger partial charge in [-0.05, 0) is 147 Å². The van der Waals surface area contributed by atoms with Gasteiger partial charge in [-0.15, -0.1) is 0 Å². The number of hydrogen-bond donors (Lipinski definition) is 0. The number of fused-ring (bicyclic) bond motifs is 16. The summed E-state index contributed by atoms with van der Waals surface area (Å²) in [4.78, 5) is 2.77. The average Bonchev–Trinajstić information content (AvgIpc) is 3.80. The van der Waals surface area contributed by atoms with Gasteiger partial charge in [-0.25, -0.2) is 0 Å². The molecule has 2 aliphatic heterocycles. The van der Waals surface area contributed by atoms with Crippen LogP contribution in [0.3, 0.4) is 0 Å². The van der Waals surface area contributed by atoms with E-state index in [2.05, 4.69) is 235 Å². The average molecular weight is 875 g/mol. The van der Waals surface area contributed by atoms with E-state index >= 15 is 0 Å². The summed E-state index contributed by atoms with van der Waals surface area (Å²) in [5.74, 6) is 0. The summed E-state index contributed by atoms with van der Waals surface area (Å²) in [5.41, 5.74) is 28.4. The molecule has 3 heteroatoms. The SMILES string of the molecule is CC(C)(C)c1ccc(N2B3c4cc(C(C)(C)C)ccc4-n4c5ccc(C(C)(C)C)cc5c5c6c(c(c3c54)-c3cc4c(cc32)-c2ccc(C(C)(C)C)cc2C4(C)C)-c2ccccc2C6(C)C)cc1. The van der Waals surface area contributed by atoms with Crippen molar-refractivity contribution in [1.29, 1.82) is 0 Å². The molecule has 0 saturated carbocycles. The van der Waals surface area contributed by atoms with E-state index in [0.29, 0.717) is 0 Å². The quantitative estimate of drug-likeness (QED) is 0.149. The number of nitrogens with zero attached hydrogens (tertiary/aromatic N) is 2. The predicted molar refractivity (Wildman–Crippen MR) is 290 cm³/mol. The standard InChI is InChI=1S/C64H67BN2/c1-59(2,3)36-21-26-40(27-22-36)67-52-35-43-41-28-23-38(61(7,8)9)32-47(41)63(13,14)48(43)34-45(52)54-53-42-19-17-18-20-46(42)64(15,16)56(53)55-44-31-37(60(4,5)6)24-29-50(44)66-51-30-25-39(62(10,11)12)33-49(51)65(67)57(54)58(55)66/h17-35H,1-16H3. The third kappa shape index (κ3) is 5.64. The summed E-state index contributed by atoms with van der Waals surface area (Å²) in [7, 11) is 0. The highest BCUT2D eigenvalue weighted by atomic mass is 15.1. The van der Waals surface area contributed by atoms with Crippen LogP contribution < -0.4 is 15.7 Å². The van der Waals surface area contributed by atoms with E-state index in [-0.39, 0.29) is 39.3 Å². The summed E-state index contributed by atoms with van der Waals surface area (Å²) in [6, 6.07) is 46.5. The first kappa shape index (κ1) is 42.6. The van der Waals surface area contributed by atoms with Gasteiger partial charge in [0.25, 0.3) is 0 Å². The van der Waals surface area contributed by atoms with Gasteiger partial charge in [0.05, 0.1) is 11.0 Å². The largest absolute Gasteiger partial charge is 0.376 e. The highest BCUT2D eigenvalue weighted by Gasteiger charge is 2.51. The molecule has 0 fully saturated rings. The molecule has 0 saturated heterocycles. The van der Waals surface area contributed by atoms with Crippen LogP contribution in [0.25, 0.3) is 60.9 Å². The molecule has 0 radical (unpaired) electrons. The molecule has 4 aliphatic rings. The summed E-state index contributed by atoms with van der Waals surface area (Å²) in [6.07, 6.45) is 0. The van der Waals surface area contributed by atoms with Gasteiger partial charge in [-0.3, -0.25) is 0 Å². The van der Waals surface area contributed by atoms with E-state index in [4.69, 9.17) is 0 Å². The zero-order valence-electron chi connectivity index (χ0n) is 42.9. The van der Waals surface area contributed by atoms with Gasteiger partial charge in [0, 0.05) is 44.2 Å². The summed E-state index contributed by atoms with van der Waals surface area (Å²) < 4.78 is 2.70. The van der Waals surface area contributed by atoms with Crippen LogP contribution in [0.15, 0.2) is 115 Å². The second-order valence-electron chi connectivity index (χ2n) is 25.9. The van der Waals surface area contributed by atoms with E-state index in [1.165, 1.54) is 128 Å². The van der Waals surface area contributed by atoms with E-state index in [0.717, 1.165) is 0 Å². The van der Waals surface area contributed by atoms with E-state index in [9.17, 15) is 0 Å². The molecule has 0 unspecified atom stereocenters. The minimum absolute atomic E-state index is 0.00589. The number of hydrogen-bond acceptors (Lipinski definition) is 1. The molecule has 12 rings (SSSR count). The monoisotopic (exact) mass is 875 g/mol. The Bertz CT molecular complexity index is 3490. The van der Waals surface area contributed by atoms with Crippen molar-refractivity contribution in [1.82, 2.24) is 4.57 Å². The Hall–Kier alpha value is -5.80. The highest BCUT2D eigenvalue weighted by molar-refractivity contribution is 6.94. The maximum atomic E-state index is 2.77. The zero-order chi connectivity index (χ0) is 47.4. The molecule has 0 spiro atoms. The Kier molecular flexibility index (Phi) is 8.28. The first-order valence-corrected chi connectivity index (χ1v) is 25.0. The van der Waals surface area contributed by atoms with E-state index < -0.39 is 0 Å². The van der Waals surface area contributed by atoms with Gasteiger partial charge in [0.1, 0.15) is 0 Å². The molecule has 8 aromatic rings. The summed E-state index contributed by atoms with van der Waals surface area (Å²) in [6.45, 7) is 38.0. The van der Waals surface area contributed by atoms with Crippen LogP contribution in [0.4, 0.5) is 11.4 Å². The lowest BCUT2D eigenvalue weighted by Gasteiger charge is -2.44. The van der Waals surface area contributed by atoms with Crippen LogP contribution in [-0.2, 0) is 32.5 Å². The molecule has 2 aliphatic carbocycles.